The fraction of sp³-hybridized carbons (Fsp3) is 0.222. The Labute approximate surface area is 95.1 Å². The Kier molecular flexibility index (Phi) is 1.81. The van der Waals surface area contributed by atoms with Gasteiger partial charge in [0.05, 0.1) is 6.20 Å². The summed E-state index contributed by atoms with van der Waals surface area (Å²) in [5.74, 6) is 0.507. The van der Waals surface area contributed by atoms with Crippen LogP contribution in [0.15, 0.2) is 12.3 Å². The lowest BCUT2D eigenvalue weighted by Crippen LogP contribution is -2.28. The van der Waals surface area contributed by atoms with Crippen molar-refractivity contribution >= 4 is 29.2 Å². The van der Waals surface area contributed by atoms with Gasteiger partial charge in [-0.25, -0.2) is 9.78 Å². The number of aromatic nitrogens is 3. The van der Waals surface area contributed by atoms with E-state index in [4.69, 9.17) is 16.7 Å². The second-order valence-electron chi connectivity index (χ2n) is 3.49. The topological polar surface area (TPSA) is 70.7 Å². The highest BCUT2D eigenvalue weighted by Crippen LogP contribution is 2.32. The molecule has 2 aromatic heterocycles. The molecule has 3 heterocycles. The molecule has 0 unspecified atom stereocenters. The molecule has 0 aromatic carbocycles. The van der Waals surface area contributed by atoms with E-state index in [0.717, 1.165) is 5.56 Å². The Morgan fingerprint density at radius 1 is 1.56 bits per heavy atom. The van der Waals surface area contributed by atoms with E-state index in [1.165, 1.54) is 9.42 Å². The van der Waals surface area contributed by atoms with Crippen molar-refractivity contribution in [2.45, 2.75) is 6.42 Å². The van der Waals surface area contributed by atoms with Crippen LogP contribution >= 0.6 is 11.6 Å². The highest BCUT2D eigenvalue weighted by molar-refractivity contribution is 6.30. The predicted molar refractivity (Wildman–Crippen MR) is 57.1 cm³/mol. The van der Waals surface area contributed by atoms with E-state index in [1.807, 2.05) is 0 Å². The lowest BCUT2D eigenvalue weighted by atomic mass is 10.3. The zero-order valence-corrected chi connectivity index (χ0v) is 8.85. The molecule has 0 saturated carbocycles. The van der Waals surface area contributed by atoms with Crippen molar-refractivity contribution in [1.29, 1.82) is 0 Å². The number of carboxylic acid groups (broad SMARTS) is 1. The van der Waals surface area contributed by atoms with Crippen molar-refractivity contribution in [3.05, 3.63) is 23.0 Å². The molecule has 7 heteroatoms. The Hall–Kier alpha value is -1.82. The molecule has 6 nitrogen and oxygen atoms in total. The van der Waals surface area contributed by atoms with Crippen LogP contribution < -0.4 is 4.90 Å². The lowest BCUT2D eigenvalue weighted by molar-refractivity contribution is 0.202. The molecule has 0 saturated heterocycles. The van der Waals surface area contributed by atoms with Crippen LogP contribution in [0.1, 0.15) is 5.56 Å². The van der Waals surface area contributed by atoms with Crippen LogP contribution in [0.25, 0.3) is 5.65 Å². The molecule has 0 atom stereocenters. The Morgan fingerprint density at radius 3 is 3.12 bits per heavy atom. The molecular weight excluding hydrogens is 232 g/mol. The molecular formula is C9H7ClN4O2. The molecule has 16 heavy (non-hydrogen) atoms. The molecule has 0 aliphatic carbocycles. The van der Waals surface area contributed by atoms with Crippen molar-refractivity contribution in [2.24, 2.45) is 0 Å². The number of carbonyl (C=O) groups is 1. The van der Waals surface area contributed by atoms with Gasteiger partial charge in [0, 0.05) is 18.2 Å². The molecule has 1 aliphatic heterocycles. The van der Waals surface area contributed by atoms with Crippen LogP contribution in [0.4, 0.5) is 10.6 Å². The number of anilines is 1. The fourth-order valence-corrected chi connectivity index (χ4v) is 2.21. The summed E-state index contributed by atoms with van der Waals surface area (Å²) in [5.41, 5.74) is 1.29. The summed E-state index contributed by atoms with van der Waals surface area (Å²) in [5, 5.41) is 13.5. The largest absolute Gasteiger partial charge is 0.465 e. The highest BCUT2D eigenvalue weighted by atomic mass is 35.5. The van der Waals surface area contributed by atoms with Gasteiger partial charge in [-0.2, -0.15) is 9.61 Å². The lowest BCUT2D eigenvalue weighted by Gasteiger charge is -2.13. The number of fused-ring (bicyclic) bond motifs is 3. The minimum atomic E-state index is -1.00. The first-order valence-corrected chi connectivity index (χ1v) is 5.09. The van der Waals surface area contributed by atoms with Gasteiger partial charge in [0.25, 0.3) is 0 Å². The van der Waals surface area contributed by atoms with E-state index in [0.29, 0.717) is 29.6 Å². The van der Waals surface area contributed by atoms with E-state index in [1.54, 1.807) is 12.3 Å². The molecule has 0 spiro atoms. The first-order valence-electron chi connectivity index (χ1n) is 4.71. The average Bonchev–Trinajstić information content (AvgIpc) is 2.80. The second kappa shape index (κ2) is 3.08. The maximum atomic E-state index is 11.1. The van der Waals surface area contributed by atoms with Crippen molar-refractivity contribution in [1.82, 2.24) is 14.6 Å². The van der Waals surface area contributed by atoms with Gasteiger partial charge in [0.1, 0.15) is 11.0 Å². The van der Waals surface area contributed by atoms with Gasteiger partial charge in [-0.05, 0) is 6.42 Å². The molecule has 1 N–H and O–H groups in total. The van der Waals surface area contributed by atoms with E-state index in [2.05, 4.69) is 10.1 Å². The van der Waals surface area contributed by atoms with Crippen molar-refractivity contribution in [3.63, 3.8) is 0 Å². The third-order valence-corrected chi connectivity index (χ3v) is 2.94. The summed E-state index contributed by atoms with van der Waals surface area (Å²) in [7, 11) is 0. The number of amides is 1. The Morgan fingerprint density at radius 2 is 2.38 bits per heavy atom. The number of halogens is 1. The van der Waals surface area contributed by atoms with Crippen molar-refractivity contribution in [2.75, 3.05) is 11.4 Å². The maximum Gasteiger partial charge on any atom is 0.413 e. The van der Waals surface area contributed by atoms with Gasteiger partial charge >= 0.3 is 6.09 Å². The minimum Gasteiger partial charge on any atom is -0.465 e. The monoisotopic (exact) mass is 238 g/mol. The number of hydrogen-bond acceptors (Lipinski definition) is 3. The first kappa shape index (κ1) is 9.41. The third kappa shape index (κ3) is 1.10. The third-order valence-electron chi connectivity index (χ3n) is 2.63. The zero-order valence-electron chi connectivity index (χ0n) is 8.09. The Bertz CT molecular complexity index is 594. The summed E-state index contributed by atoms with van der Waals surface area (Å²) in [6.07, 6.45) is 1.14. The standard InChI is InChI=1S/C9H7ClN4O2/c10-7-5-2-4-13(9(15)16)8(5)14-6(12-7)1-3-11-14/h1,3H,2,4H2,(H,15,16). The summed E-state index contributed by atoms with van der Waals surface area (Å²) in [6, 6.07) is 1.69. The molecule has 2 aromatic rings. The van der Waals surface area contributed by atoms with Crippen LogP contribution in [0, 0.1) is 0 Å². The predicted octanol–water partition coefficient (Wildman–Crippen LogP) is 1.42. The number of nitrogens with zero attached hydrogens (tertiary/aromatic N) is 4. The molecule has 82 valence electrons. The Balaban J connectivity index is 2.36. The quantitative estimate of drug-likeness (QED) is 0.705. The molecule has 0 fully saturated rings. The minimum absolute atomic E-state index is 0.353. The van der Waals surface area contributed by atoms with Gasteiger partial charge in [0.2, 0.25) is 0 Å². The van der Waals surface area contributed by atoms with E-state index >= 15 is 0 Å². The first-order chi connectivity index (χ1) is 7.68. The van der Waals surface area contributed by atoms with Gasteiger partial charge in [-0.3, -0.25) is 4.90 Å². The average molecular weight is 239 g/mol. The normalized spacial score (nSPS) is 14.4. The van der Waals surface area contributed by atoms with Gasteiger partial charge in [0.15, 0.2) is 5.65 Å². The van der Waals surface area contributed by atoms with Crippen LogP contribution in [-0.4, -0.2) is 32.3 Å². The maximum absolute atomic E-state index is 11.1. The van der Waals surface area contributed by atoms with Gasteiger partial charge < -0.3 is 5.11 Å². The molecule has 1 amide bonds. The smallest absolute Gasteiger partial charge is 0.413 e. The van der Waals surface area contributed by atoms with Crippen LogP contribution in [0.2, 0.25) is 5.15 Å². The summed E-state index contributed by atoms with van der Waals surface area (Å²) < 4.78 is 1.50. The molecule has 0 bridgehead atoms. The number of rotatable bonds is 0. The van der Waals surface area contributed by atoms with E-state index in [9.17, 15) is 4.79 Å². The molecule has 3 rings (SSSR count). The van der Waals surface area contributed by atoms with Gasteiger partial charge in [-0.1, -0.05) is 11.6 Å². The number of hydrogen-bond donors (Lipinski definition) is 1. The van der Waals surface area contributed by atoms with E-state index in [-0.39, 0.29) is 0 Å². The van der Waals surface area contributed by atoms with Gasteiger partial charge in [-0.15, -0.1) is 0 Å². The molecule has 0 radical (unpaired) electrons. The van der Waals surface area contributed by atoms with Crippen molar-refractivity contribution < 1.29 is 9.90 Å². The van der Waals surface area contributed by atoms with Crippen molar-refractivity contribution in [3.8, 4) is 0 Å². The second-order valence-corrected chi connectivity index (χ2v) is 3.85. The van der Waals surface area contributed by atoms with Crippen LogP contribution in [0.5, 0.6) is 0 Å². The summed E-state index contributed by atoms with van der Waals surface area (Å²) in [4.78, 5) is 16.4. The highest BCUT2D eigenvalue weighted by Gasteiger charge is 2.30. The SMILES string of the molecule is O=C(O)N1CCc2c(Cl)nc3ccnn3c21. The fourth-order valence-electron chi connectivity index (χ4n) is 1.94. The van der Waals surface area contributed by atoms with Crippen LogP contribution in [-0.2, 0) is 6.42 Å². The summed E-state index contributed by atoms with van der Waals surface area (Å²) in [6.45, 7) is 0.394. The summed E-state index contributed by atoms with van der Waals surface area (Å²) >= 11 is 6.00. The molecule has 1 aliphatic rings. The van der Waals surface area contributed by atoms with Crippen LogP contribution in [0.3, 0.4) is 0 Å². The van der Waals surface area contributed by atoms with E-state index < -0.39 is 6.09 Å². The zero-order chi connectivity index (χ0) is 11.3.